The highest BCUT2D eigenvalue weighted by Gasteiger charge is 2.42. The van der Waals surface area contributed by atoms with Crippen LogP contribution < -0.4 is 0 Å². The molecule has 1 aliphatic rings. The minimum absolute atomic E-state index is 0.204. The molecule has 0 radical (unpaired) electrons. The van der Waals surface area contributed by atoms with Crippen molar-refractivity contribution in [3.63, 3.8) is 0 Å². The number of furan rings is 1. The zero-order valence-corrected chi connectivity index (χ0v) is 23.2. The van der Waals surface area contributed by atoms with Gasteiger partial charge in [0.1, 0.15) is 16.9 Å². The van der Waals surface area contributed by atoms with Crippen molar-refractivity contribution in [2.75, 3.05) is 0 Å². The molecular weight excluding hydrogens is 514 g/mol. The van der Waals surface area contributed by atoms with Crippen LogP contribution in [-0.4, -0.2) is 14.0 Å². The van der Waals surface area contributed by atoms with Gasteiger partial charge in [-0.25, -0.2) is 4.98 Å². The van der Waals surface area contributed by atoms with E-state index >= 15 is 0 Å². The number of para-hydroxylation sites is 2. The van der Waals surface area contributed by atoms with Crippen LogP contribution in [0.4, 0.5) is 0 Å². The van der Waals surface area contributed by atoms with Gasteiger partial charge in [0.05, 0.1) is 22.1 Å². The lowest BCUT2D eigenvalue weighted by Gasteiger charge is -2.18. The number of rotatable bonds is 1. The van der Waals surface area contributed by atoms with Gasteiger partial charge in [-0.1, -0.05) is 78.9 Å². The first-order chi connectivity index (χ1) is 20.6. The second-order valence-corrected chi connectivity index (χ2v) is 12.0. The Morgan fingerprint density at radius 2 is 1.33 bits per heavy atom. The summed E-state index contributed by atoms with van der Waals surface area (Å²) in [5.74, 6) is 1.04. The standard InChI is InChI=1S/C38H25N3O/c1-38(2)28-16-8-5-14-26(28)33-34-35(42-36(33)38)27-15-7-10-18-31(27)40(34)22-19-20-32-29(21-22)39-37-25-13-4-3-11-23(25)24-12-6-9-17-30(24)41(32)37/h3-21H,1-2H3. The fraction of sp³-hybridized carbons (Fsp3) is 0.0789. The fourth-order valence-electron chi connectivity index (χ4n) is 7.57. The minimum Gasteiger partial charge on any atom is -0.457 e. The molecule has 0 spiro atoms. The molecule has 4 aromatic heterocycles. The van der Waals surface area contributed by atoms with Gasteiger partial charge in [0.2, 0.25) is 0 Å². The monoisotopic (exact) mass is 539 g/mol. The lowest BCUT2D eigenvalue weighted by Crippen LogP contribution is -2.14. The van der Waals surface area contributed by atoms with Gasteiger partial charge in [0.15, 0.2) is 5.58 Å². The third kappa shape index (κ3) is 2.57. The van der Waals surface area contributed by atoms with Crippen LogP contribution in [0.3, 0.4) is 0 Å². The predicted molar refractivity (Wildman–Crippen MR) is 172 cm³/mol. The fourth-order valence-corrected chi connectivity index (χ4v) is 7.57. The Hall–Kier alpha value is -5.35. The van der Waals surface area contributed by atoms with Crippen molar-refractivity contribution >= 4 is 60.4 Å². The number of benzene rings is 5. The topological polar surface area (TPSA) is 35.4 Å². The summed E-state index contributed by atoms with van der Waals surface area (Å²) in [5.41, 5.74) is 12.1. The Bertz CT molecular complexity index is 2610. The zero-order valence-electron chi connectivity index (χ0n) is 23.2. The normalized spacial score (nSPS) is 14.1. The second kappa shape index (κ2) is 7.48. The molecule has 0 aliphatic heterocycles. The molecule has 0 unspecified atom stereocenters. The van der Waals surface area contributed by atoms with E-state index in [1.807, 2.05) is 0 Å². The van der Waals surface area contributed by atoms with Crippen LogP contribution in [0.2, 0.25) is 0 Å². The smallest absolute Gasteiger partial charge is 0.161 e. The molecular formula is C38H25N3O. The van der Waals surface area contributed by atoms with Crippen LogP contribution >= 0.6 is 0 Å². The number of hydrogen-bond acceptors (Lipinski definition) is 2. The summed E-state index contributed by atoms with van der Waals surface area (Å²) in [4.78, 5) is 5.27. The van der Waals surface area contributed by atoms with Crippen molar-refractivity contribution in [3.05, 3.63) is 127 Å². The SMILES string of the molecule is CC1(C)c2ccccc2-c2c1oc1c3ccccc3n(-c3ccc4c(c3)nc3c5ccccc5c5ccccc5n43)c21. The van der Waals surface area contributed by atoms with E-state index < -0.39 is 0 Å². The van der Waals surface area contributed by atoms with Gasteiger partial charge in [0.25, 0.3) is 0 Å². The first-order valence-corrected chi connectivity index (χ1v) is 14.5. The van der Waals surface area contributed by atoms with Crippen molar-refractivity contribution in [1.29, 1.82) is 0 Å². The second-order valence-electron chi connectivity index (χ2n) is 12.0. The number of nitrogens with zero attached hydrogens (tertiary/aromatic N) is 3. The van der Waals surface area contributed by atoms with E-state index in [9.17, 15) is 0 Å². The van der Waals surface area contributed by atoms with Crippen molar-refractivity contribution < 1.29 is 4.42 Å². The third-order valence-electron chi connectivity index (χ3n) is 9.43. The zero-order chi connectivity index (χ0) is 27.7. The molecule has 0 fully saturated rings. The summed E-state index contributed by atoms with van der Waals surface area (Å²) in [6, 6.07) is 41.2. The summed E-state index contributed by atoms with van der Waals surface area (Å²) in [5, 5.41) is 4.75. The molecule has 9 aromatic rings. The molecule has 42 heavy (non-hydrogen) atoms. The Labute approximate surface area is 241 Å². The van der Waals surface area contributed by atoms with Crippen LogP contribution in [-0.2, 0) is 5.41 Å². The van der Waals surface area contributed by atoms with Crippen molar-refractivity contribution in [1.82, 2.24) is 14.0 Å². The van der Waals surface area contributed by atoms with Crippen LogP contribution in [0.1, 0.15) is 25.2 Å². The molecule has 0 bridgehead atoms. The summed E-state index contributed by atoms with van der Waals surface area (Å²) in [6.45, 7) is 4.54. The summed E-state index contributed by atoms with van der Waals surface area (Å²) in [6.07, 6.45) is 0. The first kappa shape index (κ1) is 22.4. The van der Waals surface area contributed by atoms with Gasteiger partial charge in [0, 0.05) is 32.8 Å². The third-order valence-corrected chi connectivity index (χ3v) is 9.43. The Morgan fingerprint density at radius 3 is 2.19 bits per heavy atom. The molecule has 0 atom stereocenters. The maximum absolute atomic E-state index is 6.82. The highest BCUT2D eigenvalue weighted by atomic mass is 16.3. The van der Waals surface area contributed by atoms with Crippen LogP contribution in [0.5, 0.6) is 0 Å². The Morgan fingerprint density at radius 1 is 0.643 bits per heavy atom. The molecule has 0 N–H and O–H groups in total. The maximum atomic E-state index is 6.82. The van der Waals surface area contributed by atoms with E-state index in [0.717, 1.165) is 55.5 Å². The van der Waals surface area contributed by atoms with Crippen LogP contribution in [0, 0.1) is 0 Å². The van der Waals surface area contributed by atoms with Gasteiger partial charge in [-0.15, -0.1) is 0 Å². The number of imidazole rings is 1. The average Bonchev–Trinajstić information content (AvgIpc) is 3.74. The van der Waals surface area contributed by atoms with Crippen molar-refractivity contribution in [2.24, 2.45) is 0 Å². The molecule has 5 aromatic carbocycles. The number of aromatic nitrogens is 3. The van der Waals surface area contributed by atoms with E-state index in [2.05, 4.69) is 138 Å². The van der Waals surface area contributed by atoms with Gasteiger partial charge < -0.3 is 8.98 Å². The van der Waals surface area contributed by atoms with Gasteiger partial charge >= 0.3 is 0 Å². The Kier molecular flexibility index (Phi) is 3.98. The van der Waals surface area contributed by atoms with Crippen LogP contribution in [0.15, 0.2) is 120 Å². The molecule has 0 amide bonds. The van der Waals surface area contributed by atoms with Crippen LogP contribution in [0.25, 0.3) is 77.2 Å². The minimum atomic E-state index is -0.204. The largest absolute Gasteiger partial charge is 0.457 e. The average molecular weight is 540 g/mol. The number of pyridine rings is 1. The number of fused-ring (bicyclic) bond motifs is 15. The molecule has 4 nitrogen and oxygen atoms in total. The molecule has 4 heterocycles. The van der Waals surface area contributed by atoms with E-state index in [4.69, 9.17) is 9.40 Å². The summed E-state index contributed by atoms with van der Waals surface area (Å²) < 4.78 is 11.5. The summed E-state index contributed by atoms with van der Waals surface area (Å²) in [7, 11) is 0. The molecule has 10 rings (SSSR count). The number of hydrogen-bond donors (Lipinski definition) is 0. The van der Waals surface area contributed by atoms with Gasteiger partial charge in [-0.3, -0.25) is 4.40 Å². The highest BCUT2D eigenvalue weighted by Crippen LogP contribution is 2.54. The first-order valence-electron chi connectivity index (χ1n) is 14.5. The Balaban J connectivity index is 1.33. The maximum Gasteiger partial charge on any atom is 0.161 e. The van der Waals surface area contributed by atoms with E-state index in [1.54, 1.807) is 0 Å². The predicted octanol–water partition coefficient (Wildman–Crippen LogP) is 9.79. The summed E-state index contributed by atoms with van der Waals surface area (Å²) >= 11 is 0. The van der Waals surface area contributed by atoms with E-state index in [1.165, 1.54) is 33.0 Å². The van der Waals surface area contributed by atoms with Crippen molar-refractivity contribution in [2.45, 2.75) is 19.3 Å². The molecule has 198 valence electrons. The van der Waals surface area contributed by atoms with E-state index in [0.29, 0.717) is 0 Å². The van der Waals surface area contributed by atoms with Gasteiger partial charge in [-0.05, 0) is 66.8 Å². The molecule has 4 heteroatoms. The van der Waals surface area contributed by atoms with Crippen molar-refractivity contribution in [3.8, 4) is 16.8 Å². The highest BCUT2D eigenvalue weighted by molar-refractivity contribution is 6.15. The quantitative estimate of drug-likeness (QED) is 0.195. The van der Waals surface area contributed by atoms with E-state index in [-0.39, 0.29) is 5.41 Å². The van der Waals surface area contributed by atoms with Gasteiger partial charge in [-0.2, -0.15) is 0 Å². The molecule has 0 saturated heterocycles. The molecule has 1 aliphatic carbocycles. The molecule has 0 saturated carbocycles. The lowest BCUT2D eigenvalue weighted by atomic mass is 9.86. The lowest BCUT2D eigenvalue weighted by molar-refractivity contribution is 0.466.